The molecule has 0 fully saturated rings. The fourth-order valence-corrected chi connectivity index (χ4v) is 0.846. The van der Waals surface area contributed by atoms with Crippen LogP contribution < -0.4 is 24.4 Å². The van der Waals surface area contributed by atoms with Gasteiger partial charge < -0.3 is 5.73 Å². The Bertz CT molecular complexity index is 292. The predicted molar refractivity (Wildman–Crippen MR) is 38.5 cm³/mol. The first kappa shape index (κ1) is 13.3. The van der Waals surface area contributed by atoms with Crippen molar-refractivity contribution in [1.29, 1.82) is 0 Å². The summed E-state index contributed by atoms with van der Waals surface area (Å²) >= 11 is 0. The van der Waals surface area contributed by atoms with Gasteiger partial charge in [-0.1, -0.05) is 17.7 Å². The smallest absolute Gasteiger partial charge is 0.130 e. The molecule has 80 valence electrons. The molecule has 0 saturated heterocycles. The quantitative estimate of drug-likeness (QED) is 0.487. The maximum atomic E-state index is 8.49. The molecule has 0 bridgehead atoms. The molecule has 0 aromatic heterocycles. The second-order valence-electron chi connectivity index (χ2n) is 2.81. The summed E-state index contributed by atoms with van der Waals surface area (Å²) in [5.41, 5.74) is 7.57. The van der Waals surface area contributed by atoms with Crippen molar-refractivity contribution < 1.29 is 34.6 Å². The number of benzene rings is 1. The van der Waals surface area contributed by atoms with Crippen LogP contribution in [0.4, 0.5) is 5.69 Å². The number of quaternary nitrogens is 1. The van der Waals surface area contributed by atoms with E-state index >= 15 is 0 Å². The van der Waals surface area contributed by atoms with E-state index in [2.05, 4.69) is 31.7 Å². The van der Waals surface area contributed by atoms with E-state index in [1.54, 1.807) is 0 Å². The third-order valence-corrected chi connectivity index (χ3v) is 1.50. The Labute approximate surface area is 84.1 Å². The van der Waals surface area contributed by atoms with E-state index in [0.717, 1.165) is 5.69 Å². The molecule has 0 unspecified atom stereocenters. The SMILES string of the molecule is Cc1ccc([NH3+])c(C)c1.[O-][Cl+3]([O-])([O-])[O-]. The van der Waals surface area contributed by atoms with E-state index in [9.17, 15) is 0 Å². The maximum absolute atomic E-state index is 8.49. The van der Waals surface area contributed by atoms with Crippen LogP contribution in [-0.4, -0.2) is 0 Å². The van der Waals surface area contributed by atoms with Gasteiger partial charge in [0.2, 0.25) is 0 Å². The lowest BCUT2D eigenvalue weighted by Gasteiger charge is -2.17. The van der Waals surface area contributed by atoms with Crippen LogP contribution >= 0.6 is 0 Å². The number of rotatable bonds is 0. The second-order valence-corrected chi connectivity index (χ2v) is 3.56. The fraction of sp³-hybridized carbons (Fsp3) is 0.250. The highest BCUT2D eigenvalue weighted by atomic mass is 35.7. The molecule has 14 heavy (non-hydrogen) atoms. The van der Waals surface area contributed by atoms with Crippen molar-refractivity contribution in [2.75, 3.05) is 0 Å². The maximum Gasteiger partial charge on any atom is 0.130 e. The van der Waals surface area contributed by atoms with Gasteiger partial charge in [0, 0.05) is 5.56 Å². The van der Waals surface area contributed by atoms with E-state index in [1.165, 1.54) is 11.1 Å². The first-order valence-corrected chi connectivity index (χ1v) is 4.94. The highest BCUT2D eigenvalue weighted by Crippen LogP contribution is 2.09. The van der Waals surface area contributed by atoms with Crippen molar-refractivity contribution in [3.05, 3.63) is 29.3 Å². The largest absolute Gasteiger partial charge is 0.325 e. The topological polar surface area (TPSA) is 120 Å². The van der Waals surface area contributed by atoms with Crippen molar-refractivity contribution in [1.82, 2.24) is 0 Å². The van der Waals surface area contributed by atoms with Crippen molar-refractivity contribution in [2.45, 2.75) is 13.8 Å². The average Bonchev–Trinajstić information content (AvgIpc) is 1.94. The summed E-state index contributed by atoms with van der Waals surface area (Å²) in [6, 6.07) is 6.27. The third kappa shape index (κ3) is 7.93. The predicted octanol–water partition coefficient (Wildman–Crippen LogP) is -3.58. The lowest BCUT2D eigenvalue weighted by atomic mass is 10.1. The molecule has 3 N–H and O–H groups in total. The van der Waals surface area contributed by atoms with Crippen molar-refractivity contribution >= 4 is 5.69 Å². The minimum absolute atomic E-state index is 1.13. The van der Waals surface area contributed by atoms with Crippen LogP contribution in [0.1, 0.15) is 11.1 Å². The first-order chi connectivity index (χ1) is 6.20. The van der Waals surface area contributed by atoms with Crippen LogP contribution in [0.3, 0.4) is 0 Å². The van der Waals surface area contributed by atoms with Crippen molar-refractivity contribution in [3.63, 3.8) is 0 Å². The van der Waals surface area contributed by atoms with E-state index < -0.39 is 10.2 Å². The minimum Gasteiger partial charge on any atom is -0.325 e. The molecule has 0 heterocycles. The molecule has 1 rings (SSSR count). The number of hydrogen-bond donors (Lipinski definition) is 1. The summed E-state index contributed by atoms with van der Waals surface area (Å²) in [4.78, 5) is 0. The molecule has 0 spiro atoms. The van der Waals surface area contributed by atoms with Gasteiger partial charge in [-0.05, 0) is 19.9 Å². The second kappa shape index (κ2) is 5.26. The highest BCUT2D eigenvalue weighted by molar-refractivity contribution is 5.39. The molecule has 0 aliphatic carbocycles. The summed E-state index contributed by atoms with van der Waals surface area (Å²) < 4.78 is 34.0. The number of hydrogen-bond acceptors (Lipinski definition) is 4. The van der Waals surface area contributed by atoms with E-state index in [0.29, 0.717) is 0 Å². The van der Waals surface area contributed by atoms with Gasteiger partial charge in [0.05, 0.1) is 0 Å². The molecule has 0 amide bonds. The molecule has 1 aromatic rings. The van der Waals surface area contributed by atoms with Crippen LogP contribution in [0.5, 0.6) is 0 Å². The molecule has 6 heteroatoms. The Morgan fingerprint density at radius 3 is 1.79 bits per heavy atom. The van der Waals surface area contributed by atoms with Gasteiger partial charge in [-0.15, -0.1) is 10.2 Å². The van der Waals surface area contributed by atoms with Gasteiger partial charge in [0.25, 0.3) is 0 Å². The van der Waals surface area contributed by atoms with Gasteiger partial charge in [0.1, 0.15) is 5.69 Å². The Morgan fingerprint density at radius 2 is 1.50 bits per heavy atom. The molecule has 0 radical (unpaired) electrons. The Hall–Kier alpha value is -0.690. The molecular weight excluding hydrogens is 210 g/mol. The van der Waals surface area contributed by atoms with Crippen LogP contribution in [0, 0.1) is 24.1 Å². The van der Waals surface area contributed by atoms with Crippen LogP contribution in [-0.2, 0) is 0 Å². The monoisotopic (exact) mass is 221 g/mol. The van der Waals surface area contributed by atoms with Gasteiger partial charge >= 0.3 is 0 Å². The van der Waals surface area contributed by atoms with Gasteiger partial charge in [-0.3, -0.25) is 0 Å². The lowest BCUT2D eigenvalue weighted by Crippen LogP contribution is -2.68. The summed E-state index contributed by atoms with van der Waals surface area (Å²) in [6.45, 7) is 4.17. The fourth-order valence-electron chi connectivity index (χ4n) is 0.846. The Morgan fingerprint density at radius 1 is 1.07 bits per heavy atom. The van der Waals surface area contributed by atoms with Gasteiger partial charge in [-0.25, -0.2) is 18.6 Å². The summed E-state index contributed by atoms with van der Waals surface area (Å²) in [5.74, 6) is 0. The summed E-state index contributed by atoms with van der Waals surface area (Å²) in [5, 5.41) is 0. The summed E-state index contributed by atoms with van der Waals surface area (Å²) in [6.07, 6.45) is 0. The zero-order chi connectivity index (χ0) is 11.4. The molecule has 0 aliphatic rings. The van der Waals surface area contributed by atoms with Crippen LogP contribution in [0.25, 0.3) is 0 Å². The van der Waals surface area contributed by atoms with Gasteiger partial charge in [-0.2, -0.15) is 0 Å². The van der Waals surface area contributed by atoms with Crippen LogP contribution in [0.2, 0.25) is 0 Å². The number of halogens is 1. The third-order valence-electron chi connectivity index (χ3n) is 1.50. The van der Waals surface area contributed by atoms with Crippen LogP contribution in [0.15, 0.2) is 18.2 Å². The van der Waals surface area contributed by atoms with Crippen molar-refractivity contribution in [3.8, 4) is 0 Å². The van der Waals surface area contributed by atoms with Crippen molar-refractivity contribution in [2.24, 2.45) is 0 Å². The standard InChI is InChI=1S/C8H11N.ClHO4/c1-6-3-4-8(9)7(2)5-6;2-1(3,4)5/h3-5H,9H2,1-2H3;(H,2,3,4,5). The normalized spacial score (nSPS) is 10.5. The zero-order valence-corrected chi connectivity index (χ0v) is 8.71. The molecule has 1 aromatic carbocycles. The first-order valence-electron chi connectivity index (χ1n) is 3.71. The van der Waals surface area contributed by atoms with E-state index in [-0.39, 0.29) is 0 Å². The Kier molecular flexibility index (Phi) is 5.00. The molecule has 0 atom stereocenters. The molecule has 0 saturated carbocycles. The van der Waals surface area contributed by atoms with E-state index in [4.69, 9.17) is 18.6 Å². The summed E-state index contributed by atoms with van der Waals surface area (Å²) in [7, 11) is -4.94. The highest BCUT2D eigenvalue weighted by Gasteiger charge is 1.93. The zero-order valence-electron chi connectivity index (χ0n) is 7.95. The lowest BCUT2D eigenvalue weighted by molar-refractivity contribution is -2.00. The molecular formula is C8H12ClNO4. The number of aryl methyl sites for hydroxylation is 2. The molecule has 0 aliphatic heterocycles. The minimum atomic E-state index is -4.94. The Balaban J connectivity index is 0.000000292. The van der Waals surface area contributed by atoms with Gasteiger partial charge in [0.15, 0.2) is 0 Å². The van der Waals surface area contributed by atoms with E-state index in [1.807, 2.05) is 6.07 Å². The molecule has 5 nitrogen and oxygen atoms in total. The average molecular weight is 222 g/mol.